The number of carbonyl (C=O) groups is 1. The van der Waals surface area contributed by atoms with Crippen molar-refractivity contribution in [3.05, 3.63) is 53.7 Å². The zero-order chi connectivity index (χ0) is 14.1. The average Bonchev–Trinajstić information content (AvgIpc) is 2.84. The summed E-state index contributed by atoms with van der Waals surface area (Å²) in [7, 11) is 1.75. The topological polar surface area (TPSA) is 59.2 Å². The van der Waals surface area contributed by atoms with Crippen LogP contribution >= 0.6 is 11.3 Å². The molecule has 20 heavy (non-hydrogen) atoms. The van der Waals surface area contributed by atoms with Gasteiger partial charge in [0.2, 0.25) is 0 Å². The minimum atomic E-state index is -0.102. The molecule has 0 atom stereocenters. The first-order valence-electron chi connectivity index (χ1n) is 6.13. The molecule has 0 aliphatic carbocycles. The van der Waals surface area contributed by atoms with Crippen molar-refractivity contribution in [3.8, 4) is 0 Å². The van der Waals surface area contributed by atoms with Gasteiger partial charge >= 0.3 is 0 Å². The molecule has 0 radical (unpaired) electrons. The lowest BCUT2D eigenvalue weighted by Crippen LogP contribution is -2.25. The summed E-state index contributed by atoms with van der Waals surface area (Å²) in [5.41, 5.74) is 7.46. The quantitative estimate of drug-likeness (QED) is 0.786. The van der Waals surface area contributed by atoms with Gasteiger partial charge in [0.25, 0.3) is 5.91 Å². The third-order valence-electron chi connectivity index (χ3n) is 3.17. The molecule has 1 amide bonds. The van der Waals surface area contributed by atoms with Crippen LogP contribution in [0.1, 0.15) is 9.67 Å². The highest BCUT2D eigenvalue weighted by Gasteiger charge is 2.20. The molecular weight excluding hydrogens is 270 g/mol. The molecule has 3 rings (SSSR count). The van der Waals surface area contributed by atoms with Crippen molar-refractivity contribution in [1.29, 1.82) is 0 Å². The van der Waals surface area contributed by atoms with Gasteiger partial charge in [0.05, 0.1) is 10.4 Å². The van der Waals surface area contributed by atoms with Crippen LogP contribution in [0.4, 0.5) is 11.4 Å². The summed E-state index contributed by atoms with van der Waals surface area (Å²) in [6.07, 6.45) is 3.41. The van der Waals surface area contributed by atoms with Crippen molar-refractivity contribution < 1.29 is 4.79 Å². The van der Waals surface area contributed by atoms with E-state index in [9.17, 15) is 4.79 Å². The van der Waals surface area contributed by atoms with E-state index in [0.717, 1.165) is 15.8 Å². The van der Waals surface area contributed by atoms with E-state index >= 15 is 0 Å². The number of para-hydroxylation sites is 1. The van der Waals surface area contributed by atoms with E-state index in [-0.39, 0.29) is 5.91 Å². The lowest BCUT2D eigenvalue weighted by atomic mass is 10.2. The molecule has 4 nitrogen and oxygen atoms in total. The monoisotopic (exact) mass is 283 g/mol. The van der Waals surface area contributed by atoms with E-state index in [2.05, 4.69) is 4.98 Å². The standard InChI is InChI=1S/C15H13N3OS/c1-18(10-5-3-2-4-6-10)15(19)14-13(16)11-7-8-17-9-12(11)20-14/h2-9H,16H2,1H3. The fourth-order valence-electron chi connectivity index (χ4n) is 2.05. The smallest absolute Gasteiger partial charge is 0.270 e. The molecule has 0 aliphatic heterocycles. The number of nitrogens with two attached hydrogens (primary N) is 1. The largest absolute Gasteiger partial charge is 0.397 e. The van der Waals surface area contributed by atoms with Crippen LogP contribution < -0.4 is 10.6 Å². The molecule has 0 unspecified atom stereocenters. The highest BCUT2D eigenvalue weighted by molar-refractivity contribution is 7.21. The van der Waals surface area contributed by atoms with Crippen molar-refractivity contribution in [2.45, 2.75) is 0 Å². The molecule has 2 N–H and O–H groups in total. The number of amides is 1. The summed E-state index contributed by atoms with van der Waals surface area (Å²) < 4.78 is 0.926. The number of anilines is 2. The normalized spacial score (nSPS) is 10.7. The van der Waals surface area contributed by atoms with Gasteiger partial charge in [0.1, 0.15) is 4.88 Å². The highest BCUT2D eigenvalue weighted by atomic mass is 32.1. The van der Waals surface area contributed by atoms with E-state index in [0.29, 0.717) is 10.6 Å². The van der Waals surface area contributed by atoms with Crippen LogP contribution in [-0.2, 0) is 0 Å². The van der Waals surface area contributed by atoms with Gasteiger partial charge in [0.15, 0.2) is 0 Å². The second-order valence-corrected chi connectivity index (χ2v) is 5.47. The number of fused-ring (bicyclic) bond motifs is 1. The predicted octanol–water partition coefficient (Wildman–Crippen LogP) is 3.16. The summed E-state index contributed by atoms with van der Waals surface area (Å²) in [5.74, 6) is -0.102. The van der Waals surface area contributed by atoms with Crippen molar-refractivity contribution in [1.82, 2.24) is 4.98 Å². The molecule has 1 aromatic carbocycles. The molecule has 2 aromatic heterocycles. The number of benzene rings is 1. The summed E-state index contributed by atoms with van der Waals surface area (Å²) in [6, 6.07) is 11.3. The number of rotatable bonds is 2. The van der Waals surface area contributed by atoms with E-state index in [1.165, 1.54) is 11.3 Å². The van der Waals surface area contributed by atoms with Crippen molar-refractivity contribution in [2.75, 3.05) is 17.7 Å². The third kappa shape index (κ3) is 2.02. The van der Waals surface area contributed by atoms with Crippen LogP contribution in [0.3, 0.4) is 0 Å². The zero-order valence-corrected chi connectivity index (χ0v) is 11.7. The maximum atomic E-state index is 12.6. The van der Waals surface area contributed by atoms with Gasteiger partial charge < -0.3 is 10.6 Å². The predicted molar refractivity (Wildman–Crippen MR) is 83.2 cm³/mol. The number of aromatic nitrogens is 1. The lowest BCUT2D eigenvalue weighted by Gasteiger charge is -2.16. The molecule has 0 bridgehead atoms. The van der Waals surface area contributed by atoms with Gasteiger partial charge in [-0.2, -0.15) is 0 Å². The van der Waals surface area contributed by atoms with Crippen molar-refractivity contribution in [2.24, 2.45) is 0 Å². The maximum absolute atomic E-state index is 12.6. The molecular formula is C15H13N3OS. The number of nitrogen functional groups attached to an aromatic ring is 1. The van der Waals surface area contributed by atoms with E-state index in [1.54, 1.807) is 24.3 Å². The summed E-state index contributed by atoms with van der Waals surface area (Å²) in [5, 5.41) is 0.884. The summed E-state index contributed by atoms with van der Waals surface area (Å²) >= 11 is 1.38. The van der Waals surface area contributed by atoms with Crippen LogP contribution in [0.2, 0.25) is 0 Å². The Kier molecular flexibility index (Phi) is 3.12. The number of hydrogen-bond donors (Lipinski definition) is 1. The second-order valence-electron chi connectivity index (χ2n) is 4.42. The zero-order valence-electron chi connectivity index (χ0n) is 10.9. The fraction of sp³-hybridized carbons (Fsp3) is 0.0667. The molecule has 0 saturated heterocycles. The third-order valence-corrected chi connectivity index (χ3v) is 4.32. The molecule has 0 spiro atoms. The number of hydrogen-bond acceptors (Lipinski definition) is 4. The highest BCUT2D eigenvalue weighted by Crippen LogP contribution is 2.34. The minimum Gasteiger partial charge on any atom is -0.397 e. The number of thiophene rings is 1. The Morgan fingerprint density at radius 1 is 1.25 bits per heavy atom. The van der Waals surface area contributed by atoms with Gasteiger partial charge in [-0.1, -0.05) is 18.2 Å². The SMILES string of the molecule is CN(C(=O)c1sc2cnccc2c1N)c1ccccc1. The van der Waals surface area contributed by atoms with Crippen LogP contribution in [0, 0.1) is 0 Å². The number of pyridine rings is 1. The van der Waals surface area contributed by atoms with Crippen LogP contribution in [0.25, 0.3) is 10.1 Å². The van der Waals surface area contributed by atoms with Crippen LogP contribution in [-0.4, -0.2) is 17.9 Å². The number of nitrogens with zero attached hydrogens (tertiary/aromatic N) is 2. The Morgan fingerprint density at radius 2 is 2.00 bits per heavy atom. The first-order chi connectivity index (χ1) is 9.68. The first-order valence-corrected chi connectivity index (χ1v) is 6.95. The first kappa shape index (κ1) is 12.6. The molecule has 0 aliphatic rings. The van der Waals surface area contributed by atoms with E-state index in [1.807, 2.05) is 36.4 Å². The molecule has 0 saturated carbocycles. The van der Waals surface area contributed by atoms with Gasteiger partial charge in [0, 0.05) is 30.5 Å². The molecule has 5 heteroatoms. The fourth-order valence-corrected chi connectivity index (χ4v) is 3.12. The van der Waals surface area contributed by atoms with Crippen LogP contribution in [0.15, 0.2) is 48.8 Å². The average molecular weight is 283 g/mol. The molecule has 3 aromatic rings. The summed E-state index contributed by atoms with van der Waals surface area (Å²) in [4.78, 5) is 18.8. The molecule has 2 heterocycles. The van der Waals surface area contributed by atoms with E-state index < -0.39 is 0 Å². The Bertz CT molecular complexity index is 767. The van der Waals surface area contributed by atoms with Gasteiger partial charge in [-0.15, -0.1) is 11.3 Å². The van der Waals surface area contributed by atoms with Crippen molar-refractivity contribution >= 4 is 38.7 Å². The Balaban J connectivity index is 2.03. The van der Waals surface area contributed by atoms with Gasteiger partial charge in [-0.05, 0) is 18.2 Å². The van der Waals surface area contributed by atoms with E-state index in [4.69, 9.17) is 5.73 Å². The molecule has 100 valence electrons. The Morgan fingerprint density at radius 3 is 2.70 bits per heavy atom. The lowest BCUT2D eigenvalue weighted by molar-refractivity contribution is 0.0997. The minimum absolute atomic E-state index is 0.102. The van der Waals surface area contributed by atoms with Gasteiger partial charge in [-0.3, -0.25) is 9.78 Å². The second kappa shape index (κ2) is 4.94. The van der Waals surface area contributed by atoms with Gasteiger partial charge in [-0.25, -0.2) is 0 Å². The Hall–Kier alpha value is -2.40. The van der Waals surface area contributed by atoms with Crippen molar-refractivity contribution in [3.63, 3.8) is 0 Å². The van der Waals surface area contributed by atoms with Crippen LogP contribution in [0.5, 0.6) is 0 Å². The maximum Gasteiger partial charge on any atom is 0.270 e. The number of carbonyl (C=O) groups excluding carboxylic acids is 1. The Labute approximate surface area is 120 Å². The summed E-state index contributed by atoms with van der Waals surface area (Å²) in [6.45, 7) is 0. The molecule has 0 fully saturated rings.